The lowest BCUT2D eigenvalue weighted by Gasteiger charge is -2.36. The molecule has 7 heteroatoms. The summed E-state index contributed by atoms with van der Waals surface area (Å²) < 4.78 is 6.37. The fraction of sp³-hybridized carbons (Fsp3) is 0.632. The zero-order valence-corrected chi connectivity index (χ0v) is 19.5. The zero-order chi connectivity index (χ0) is 20.0. The number of nitrogens with one attached hydrogen (secondary N) is 1. The zero-order valence-electron chi connectivity index (χ0n) is 17.0. The maximum absolute atomic E-state index is 6.37. The Hall–Kier alpha value is -0.593. The lowest BCUT2D eigenvalue weighted by atomic mass is 9.91. The molecular weight excluding hydrogens is 387 g/mol. The highest BCUT2D eigenvalue weighted by molar-refractivity contribution is 6.74. The molecule has 0 saturated heterocycles. The number of hydrogen-bond donors (Lipinski definition) is 1. The van der Waals surface area contributed by atoms with Crippen molar-refractivity contribution in [2.45, 2.75) is 51.2 Å². The number of rotatable bonds is 9. The van der Waals surface area contributed by atoms with Gasteiger partial charge in [0, 0.05) is 19.1 Å². The fourth-order valence-corrected chi connectivity index (χ4v) is 3.79. The van der Waals surface area contributed by atoms with Gasteiger partial charge in [-0.2, -0.15) is 0 Å². The third-order valence-corrected chi connectivity index (χ3v) is 10.3. The molecule has 1 N–H and O–H groups in total. The van der Waals surface area contributed by atoms with Crippen molar-refractivity contribution >= 4 is 37.2 Å². The van der Waals surface area contributed by atoms with Crippen molar-refractivity contribution in [1.29, 1.82) is 0 Å². The topological polar surface area (TPSA) is 42.9 Å². The largest absolute Gasteiger partial charge is 0.417 e. The molecule has 0 radical (unpaired) electrons. The molecule has 0 heterocycles. The van der Waals surface area contributed by atoms with E-state index in [2.05, 4.69) is 44.3 Å². The SMILES string of the molecule is CNC/C(=N\OC)C(CCO[Si](C)(C)C(C)(C)C)c1ccc(Cl)c(Cl)c1. The summed E-state index contributed by atoms with van der Waals surface area (Å²) in [7, 11) is 1.66. The van der Waals surface area contributed by atoms with Gasteiger partial charge in [-0.1, -0.05) is 55.2 Å². The molecule has 0 aromatic heterocycles. The van der Waals surface area contributed by atoms with Gasteiger partial charge in [0.05, 0.1) is 15.8 Å². The van der Waals surface area contributed by atoms with E-state index in [1.807, 2.05) is 25.2 Å². The van der Waals surface area contributed by atoms with Crippen molar-refractivity contribution in [2.75, 3.05) is 27.3 Å². The molecule has 1 rings (SSSR count). The third-order valence-electron chi connectivity index (χ3n) is 4.99. The molecule has 0 amide bonds. The van der Waals surface area contributed by atoms with Crippen LogP contribution in [-0.2, 0) is 9.26 Å². The van der Waals surface area contributed by atoms with Crippen LogP contribution in [0.3, 0.4) is 0 Å². The maximum atomic E-state index is 6.37. The predicted molar refractivity (Wildman–Crippen MR) is 115 cm³/mol. The third kappa shape index (κ3) is 6.53. The highest BCUT2D eigenvalue weighted by atomic mass is 35.5. The molecule has 1 unspecified atom stereocenters. The molecule has 0 spiro atoms. The van der Waals surface area contributed by atoms with Crippen LogP contribution in [0.4, 0.5) is 0 Å². The van der Waals surface area contributed by atoms with Gasteiger partial charge >= 0.3 is 0 Å². The molecule has 0 bridgehead atoms. The Balaban J connectivity index is 3.05. The van der Waals surface area contributed by atoms with Crippen LogP contribution in [0.1, 0.15) is 38.7 Å². The minimum atomic E-state index is -1.80. The van der Waals surface area contributed by atoms with Crippen LogP contribution in [0, 0.1) is 0 Å². The van der Waals surface area contributed by atoms with E-state index in [4.69, 9.17) is 32.5 Å². The van der Waals surface area contributed by atoms with Crippen molar-refractivity contribution in [3.8, 4) is 0 Å². The summed E-state index contributed by atoms with van der Waals surface area (Å²) in [5.41, 5.74) is 1.97. The minimum Gasteiger partial charge on any atom is -0.417 e. The van der Waals surface area contributed by atoms with Crippen molar-refractivity contribution in [3.05, 3.63) is 33.8 Å². The first-order chi connectivity index (χ1) is 12.0. The molecule has 4 nitrogen and oxygen atoms in total. The summed E-state index contributed by atoms with van der Waals surface area (Å²) in [4.78, 5) is 5.07. The lowest BCUT2D eigenvalue weighted by Crippen LogP contribution is -2.41. The quantitative estimate of drug-likeness (QED) is 0.317. The number of hydrogen-bond acceptors (Lipinski definition) is 4. The highest BCUT2D eigenvalue weighted by Gasteiger charge is 2.37. The van der Waals surface area contributed by atoms with Gasteiger partial charge in [0.25, 0.3) is 0 Å². The molecule has 0 saturated carbocycles. The van der Waals surface area contributed by atoms with Gasteiger partial charge in [-0.3, -0.25) is 0 Å². The Morgan fingerprint density at radius 2 is 1.88 bits per heavy atom. The minimum absolute atomic E-state index is 0.0435. The number of oxime groups is 1. The summed E-state index contributed by atoms with van der Waals surface area (Å²) >= 11 is 12.3. The van der Waals surface area contributed by atoms with Gasteiger partial charge in [-0.05, 0) is 49.3 Å². The Bertz CT molecular complexity index is 616. The van der Waals surface area contributed by atoms with E-state index in [1.165, 1.54) is 0 Å². The van der Waals surface area contributed by atoms with Crippen LogP contribution in [0.25, 0.3) is 0 Å². The molecule has 0 aliphatic carbocycles. The molecule has 26 heavy (non-hydrogen) atoms. The van der Waals surface area contributed by atoms with E-state index in [-0.39, 0.29) is 11.0 Å². The summed E-state index contributed by atoms with van der Waals surface area (Å²) in [6.07, 6.45) is 0.800. The Labute approximate surface area is 169 Å². The molecule has 0 aliphatic heterocycles. The summed E-state index contributed by atoms with van der Waals surface area (Å²) in [6.45, 7) is 12.5. The van der Waals surface area contributed by atoms with E-state index >= 15 is 0 Å². The summed E-state index contributed by atoms with van der Waals surface area (Å²) in [5, 5.41) is 8.67. The monoisotopic (exact) mass is 418 g/mol. The average molecular weight is 419 g/mol. The Morgan fingerprint density at radius 3 is 2.38 bits per heavy atom. The van der Waals surface area contributed by atoms with Gasteiger partial charge in [0.2, 0.25) is 0 Å². The van der Waals surface area contributed by atoms with Crippen LogP contribution >= 0.6 is 23.2 Å². The average Bonchev–Trinajstić information content (AvgIpc) is 2.53. The predicted octanol–water partition coefficient (Wildman–Crippen LogP) is 5.71. The van der Waals surface area contributed by atoms with E-state index in [0.29, 0.717) is 23.2 Å². The number of halogens is 2. The van der Waals surface area contributed by atoms with Gasteiger partial charge < -0.3 is 14.6 Å². The van der Waals surface area contributed by atoms with Gasteiger partial charge in [0.1, 0.15) is 7.11 Å². The van der Waals surface area contributed by atoms with E-state index < -0.39 is 8.32 Å². The second-order valence-electron chi connectivity index (χ2n) is 7.92. The molecule has 1 atom stereocenters. The van der Waals surface area contributed by atoms with Crippen LogP contribution in [-0.4, -0.2) is 41.3 Å². The van der Waals surface area contributed by atoms with E-state index in [9.17, 15) is 0 Å². The lowest BCUT2D eigenvalue weighted by molar-refractivity contribution is 0.210. The first-order valence-corrected chi connectivity index (χ1v) is 12.5. The molecule has 148 valence electrons. The van der Waals surface area contributed by atoms with Crippen LogP contribution in [0.5, 0.6) is 0 Å². The van der Waals surface area contributed by atoms with Gasteiger partial charge in [0.15, 0.2) is 8.32 Å². The van der Waals surface area contributed by atoms with Crippen molar-refractivity contribution < 1.29 is 9.26 Å². The second-order valence-corrected chi connectivity index (χ2v) is 13.5. The number of benzene rings is 1. The molecular formula is C19H32Cl2N2O2Si. The van der Waals surface area contributed by atoms with Crippen LogP contribution in [0.2, 0.25) is 28.2 Å². The van der Waals surface area contributed by atoms with Crippen molar-refractivity contribution in [3.63, 3.8) is 0 Å². The standard InChI is InChI=1S/C19H32Cl2N2O2Si/c1-19(2,3)26(6,7)25-11-10-15(18(13-22-4)23-24-5)14-8-9-16(20)17(21)12-14/h8-9,12,15,22H,10-11,13H2,1-7H3/b23-18+. The normalized spacial score (nSPS) is 14.4. The summed E-state index contributed by atoms with van der Waals surface area (Å²) in [5.74, 6) is 0.0435. The Kier molecular flexibility index (Phi) is 9.10. The molecule has 1 aromatic carbocycles. The van der Waals surface area contributed by atoms with E-state index in [1.54, 1.807) is 7.11 Å². The summed E-state index contributed by atoms with van der Waals surface area (Å²) in [6, 6.07) is 5.72. The van der Waals surface area contributed by atoms with Gasteiger partial charge in [-0.15, -0.1) is 0 Å². The second kappa shape index (κ2) is 10.1. The Morgan fingerprint density at radius 1 is 1.23 bits per heavy atom. The van der Waals surface area contributed by atoms with E-state index in [0.717, 1.165) is 17.7 Å². The smallest absolute Gasteiger partial charge is 0.191 e. The molecule has 1 aromatic rings. The molecule has 0 aliphatic rings. The first-order valence-electron chi connectivity index (χ1n) is 8.87. The van der Waals surface area contributed by atoms with Crippen LogP contribution < -0.4 is 5.32 Å². The molecule has 0 fully saturated rings. The fourth-order valence-electron chi connectivity index (χ4n) is 2.42. The maximum Gasteiger partial charge on any atom is 0.191 e. The van der Waals surface area contributed by atoms with Crippen molar-refractivity contribution in [1.82, 2.24) is 5.32 Å². The van der Waals surface area contributed by atoms with Gasteiger partial charge in [-0.25, -0.2) is 0 Å². The highest BCUT2D eigenvalue weighted by Crippen LogP contribution is 2.37. The van der Waals surface area contributed by atoms with Crippen molar-refractivity contribution in [2.24, 2.45) is 5.16 Å². The van der Waals surface area contributed by atoms with Crippen LogP contribution in [0.15, 0.2) is 23.4 Å². The number of nitrogens with zero attached hydrogens (tertiary/aromatic N) is 1. The first kappa shape index (κ1) is 23.4.